The first-order chi connectivity index (χ1) is 8.91. The van der Waals surface area contributed by atoms with Crippen molar-refractivity contribution in [2.24, 2.45) is 7.05 Å². The van der Waals surface area contributed by atoms with E-state index in [0.29, 0.717) is 4.57 Å². The lowest BCUT2D eigenvalue weighted by atomic mass is 10.1. The molecule has 0 fully saturated rings. The topological polar surface area (TPSA) is 67.8 Å². The van der Waals surface area contributed by atoms with E-state index < -0.39 is 22.9 Å². The molecule has 0 radical (unpaired) electrons. The van der Waals surface area contributed by atoms with Gasteiger partial charge in [-0.15, -0.1) is 0 Å². The van der Waals surface area contributed by atoms with Gasteiger partial charge < -0.3 is 0 Å². The Morgan fingerprint density at radius 2 is 1.84 bits per heavy atom. The fraction of sp³-hybridized carbons (Fsp3) is 0.154. The Balaban J connectivity index is 2.60. The average Bonchev–Trinajstić information content (AvgIpc) is 2.40. The summed E-state index contributed by atoms with van der Waals surface area (Å²) in [6.45, 7) is 1.87. The molecule has 0 amide bonds. The maximum absolute atomic E-state index is 13.4. The molecule has 0 atom stereocenters. The fourth-order valence-corrected chi connectivity index (χ4v) is 1.63. The molecule has 6 heteroatoms. The summed E-state index contributed by atoms with van der Waals surface area (Å²) >= 11 is 0. The van der Waals surface area contributed by atoms with Gasteiger partial charge in [-0.05, 0) is 19.1 Å². The number of hydrogen-bond donors (Lipinski definition) is 1. The number of nitrogens with zero attached hydrogens (tertiary/aromatic N) is 2. The Morgan fingerprint density at radius 3 is 2.42 bits per heavy atom. The van der Waals surface area contributed by atoms with Crippen molar-refractivity contribution in [3.8, 4) is 0 Å². The Bertz CT molecular complexity index is 757. The van der Waals surface area contributed by atoms with E-state index in [-0.39, 0.29) is 5.56 Å². The molecular weight excluding hydrogens is 249 g/mol. The van der Waals surface area contributed by atoms with Crippen molar-refractivity contribution in [1.29, 1.82) is 5.41 Å². The van der Waals surface area contributed by atoms with Gasteiger partial charge in [0.05, 0.1) is 6.20 Å². The van der Waals surface area contributed by atoms with Gasteiger partial charge in [-0.3, -0.25) is 14.8 Å². The highest BCUT2D eigenvalue weighted by Gasteiger charge is 2.14. The summed E-state index contributed by atoms with van der Waals surface area (Å²) < 4.78 is 14.9. The maximum Gasteiger partial charge on any atom is 0.336 e. The Hall–Kier alpha value is -2.50. The molecule has 0 saturated carbocycles. The molecule has 0 aliphatic carbocycles. The SMILES string of the molecule is Cc1ccc(C(=O)n2cc(F)c(=N)n(C)c2=O)cc1. The highest BCUT2D eigenvalue weighted by atomic mass is 19.1. The van der Waals surface area contributed by atoms with Crippen molar-refractivity contribution in [3.05, 3.63) is 63.4 Å². The molecule has 5 nitrogen and oxygen atoms in total. The Morgan fingerprint density at radius 1 is 1.26 bits per heavy atom. The molecule has 1 heterocycles. The number of hydrogen-bond acceptors (Lipinski definition) is 3. The minimum atomic E-state index is -0.928. The molecule has 1 aromatic carbocycles. The van der Waals surface area contributed by atoms with Crippen LogP contribution in [-0.2, 0) is 7.05 Å². The van der Waals surface area contributed by atoms with Crippen LogP contribution in [0.5, 0.6) is 0 Å². The van der Waals surface area contributed by atoms with E-state index in [1.54, 1.807) is 24.3 Å². The summed E-state index contributed by atoms with van der Waals surface area (Å²) in [5, 5.41) is 7.32. The van der Waals surface area contributed by atoms with Crippen LogP contribution in [0.4, 0.5) is 4.39 Å². The largest absolute Gasteiger partial charge is 0.336 e. The van der Waals surface area contributed by atoms with Crippen molar-refractivity contribution in [1.82, 2.24) is 9.13 Å². The van der Waals surface area contributed by atoms with Crippen LogP contribution >= 0.6 is 0 Å². The van der Waals surface area contributed by atoms with Gasteiger partial charge in [-0.1, -0.05) is 17.7 Å². The number of aromatic nitrogens is 2. The number of carbonyl (C=O) groups is 1. The lowest BCUT2D eigenvalue weighted by molar-refractivity contribution is 0.0950. The average molecular weight is 261 g/mol. The van der Waals surface area contributed by atoms with Crippen molar-refractivity contribution >= 4 is 5.91 Å². The van der Waals surface area contributed by atoms with Crippen molar-refractivity contribution in [2.45, 2.75) is 6.92 Å². The number of rotatable bonds is 1. The third kappa shape index (κ3) is 2.24. The van der Waals surface area contributed by atoms with E-state index in [1.807, 2.05) is 6.92 Å². The van der Waals surface area contributed by atoms with Gasteiger partial charge in [0.25, 0.3) is 5.91 Å². The minimum Gasteiger partial charge on any atom is -0.282 e. The summed E-state index contributed by atoms with van der Waals surface area (Å²) in [5.41, 5.74) is -0.0538. The van der Waals surface area contributed by atoms with Gasteiger partial charge in [0.1, 0.15) is 0 Å². The summed E-state index contributed by atoms with van der Waals surface area (Å²) in [7, 11) is 1.24. The standard InChI is InChI=1S/C13H12FN3O2/c1-8-3-5-9(6-4-8)12(18)17-7-10(14)11(15)16(2)13(17)19/h3-7,15H,1-2H3. The molecule has 0 spiro atoms. The van der Waals surface area contributed by atoms with Crippen LogP contribution in [0, 0.1) is 18.2 Å². The van der Waals surface area contributed by atoms with Crippen molar-refractivity contribution in [2.75, 3.05) is 0 Å². The smallest absolute Gasteiger partial charge is 0.282 e. The zero-order valence-corrected chi connectivity index (χ0v) is 10.5. The van der Waals surface area contributed by atoms with E-state index in [9.17, 15) is 14.0 Å². The second-order valence-corrected chi connectivity index (χ2v) is 4.21. The lowest BCUT2D eigenvalue weighted by Crippen LogP contribution is -2.41. The van der Waals surface area contributed by atoms with Gasteiger partial charge in [0.2, 0.25) is 0 Å². The van der Waals surface area contributed by atoms with E-state index in [0.717, 1.165) is 16.3 Å². The molecule has 0 bridgehead atoms. The third-order valence-electron chi connectivity index (χ3n) is 2.81. The van der Waals surface area contributed by atoms with Crippen LogP contribution in [-0.4, -0.2) is 15.0 Å². The van der Waals surface area contributed by atoms with Crippen LogP contribution in [0.3, 0.4) is 0 Å². The normalized spacial score (nSPS) is 10.5. The first kappa shape index (κ1) is 12.9. The molecule has 98 valence electrons. The number of nitrogens with one attached hydrogen (secondary N) is 1. The second kappa shape index (κ2) is 4.64. The van der Waals surface area contributed by atoms with E-state index in [2.05, 4.69) is 0 Å². The van der Waals surface area contributed by atoms with Crippen LogP contribution in [0.15, 0.2) is 35.3 Å². The van der Waals surface area contributed by atoms with Gasteiger partial charge in [0, 0.05) is 12.6 Å². The molecule has 0 unspecified atom stereocenters. The quantitative estimate of drug-likeness (QED) is 0.825. The molecule has 2 rings (SSSR count). The first-order valence-corrected chi connectivity index (χ1v) is 5.56. The summed E-state index contributed by atoms with van der Waals surface area (Å²) in [5.74, 6) is -1.55. The van der Waals surface area contributed by atoms with Crippen LogP contribution in [0.1, 0.15) is 15.9 Å². The molecular formula is C13H12FN3O2. The number of aryl methyl sites for hydroxylation is 1. The van der Waals surface area contributed by atoms with Crippen molar-refractivity contribution in [3.63, 3.8) is 0 Å². The predicted molar refractivity (Wildman–Crippen MR) is 66.4 cm³/mol. The Kier molecular flexibility index (Phi) is 3.16. The zero-order valence-electron chi connectivity index (χ0n) is 10.5. The van der Waals surface area contributed by atoms with Gasteiger partial charge >= 0.3 is 5.69 Å². The fourth-order valence-electron chi connectivity index (χ4n) is 1.63. The van der Waals surface area contributed by atoms with Gasteiger partial charge in [-0.2, -0.15) is 0 Å². The second-order valence-electron chi connectivity index (χ2n) is 4.21. The summed E-state index contributed by atoms with van der Waals surface area (Å²) in [6, 6.07) is 6.59. The number of carbonyl (C=O) groups excluding carboxylic acids is 1. The zero-order chi connectivity index (χ0) is 14.2. The molecule has 0 aliphatic rings. The van der Waals surface area contributed by atoms with Crippen LogP contribution < -0.4 is 11.2 Å². The summed E-state index contributed by atoms with van der Waals surface area (Å²) in [6.07, 6.45) is 0.743. The Labute approximate surface area is 108 Å². The van der Waals surface area contributed by atoms with E-state index in [4.69, 9.17) is 5.41 Å². The summed E-state index contributed by atoms with van der Waals surface area (Å²) in [4.78, 5) is 24.0. The third-order valence-corrected chi connectivity index (χ3v) is 2.81. The van der Waals surface area contributed by atoms with Crippen LogP contribution in [0.25, 0.3) is 0 Å². The maximum atomic E-state index is 13.4. The van der Waals surface area contributed by atoms with Crippen molar-refractivity contribution < 1.29 is 9.18 Å². The molecule has 1 N–H and O–H groups in total. The predicted octanol–water partition coefficient (Wildman–Crippen LogP) is 0.802. The number of benzene rings is 1. The van der Waals surface area contributed by atoms with E-state index >= 15 is 0 Å². The monoisotopic (exact) mass is 261 g/mol. The van der Waals surface area contributed by atoms with Gasteiger partial charge in [0.15, 0.2) is 11.3 Å². The van der Waals surface area contributed by atoms with Gasteiger partial charge in [-0.25, -0.2) is 13.8 Å². The molecule has 19 heavy (non-hydrogen) atoms. The lowest BCUT2D eigenvalue weighted by Gasteiger charge is -2.07. The molecule has 2 aromatic rings. The highest BCUT2D eigenvalue weighted by molar-refractivity contribution is 5.95. The molecule has 0 saturated heterocycles. The number of halogens is 1. The highest BCUT2D eigenvalue weighted by Crippen LogP contribution is 2.04. The van der Waals surface area contributed by atoms with Crippen LogP contribution in [0.2, 0.25) is 0 Å². The first-order valence-electron chi connectivity index (χ1n) is 5.56. The molecule has 1 aromatic heterocycles. The van der Waals surface area contributed by atoms with E-state index in [1.165, 1.54) is 7.05 Å². The minimum absolute atomic E-state index is 0.282. The molecule has 0 aliphatic heterocycles.